The lowest BCUT2D eigenvalue weighted by molar-refractivity contribution is 0.292. The first-order chi connectivity index (χ1) is 6.74. The Morgan fingerprint density at radius 2 is 1.64 bits per heavy atom. The van der Waals surface area contributed by atoms with Crippen molar-refractivity contribution in [2.45, 2.75) is 40.0 Å². The largest absolute Gasteiger partial charge is 0.388 e. The summed E-state index contributed by atoms with van der Waals surface area (Å²) in [6.45, 7) is 15.1. The molecule has 0 aromatic carbocycles. The first-order valence-electron chi connectivity index (χ1n) is 5.88. The Balaban J connectivity index is 3.71. The minimum absolute atomic E-state index is 1.00. The summed E-state index contributed by atoms with van der Waals surface area (Å²) in [6, 6.07) is 0. The quantitative estimate of drug-likeness (QED) is 0.612. The summed E-state index contributed by atoms with van der Waals surface area (Å²) in [4.78, 5) is 2.46. The third kappa shape index (κ3) is 6.96. The lowest BCUT2D eigenvalue weighted by Crippen LogP contribution is -2.31. The van der Waals surface area contributed by atoms with Crippen molar-refractivity contribution < 1.29 is 0 Å². The van der Waals surface area contributed by atoms with Gasteiger partial charge in [-0.1, -0.05) is 27.4 Å². The van der Waals surface area contributed by atoms with Crippen molar-refractivity contribution >= 4 is 0 Å². The van der Waals surface area contributed by atoms with E-state index in [-0.39, 0.29) is 0 Å². The van der Waals surface area contributed by atoms with Crippen LogP contribution in [-0.2, 0) is 0 Å². The molecule has 0 aromatic rings. The van der Waals surface area contributed by atoms with Crippen molar-refractivity contribution in [3.05, 3.63) is 12.3 Å². The van der Waals surface area contributed by atoms with Crippen LogP contribution in [0.25, 0.3) is 0 Å². The summed E-state index contributed by atoms with van der Waals surface area (Å²) >= 11 is 0. The van der Waals surface area contributed by atoms with E-state index in [1.165, 1.54) is 32.4 Å². The van der Waals surface area contributed by atoms with Crippen LogP contribution in [0.15, 0.2) is 12.3 Å². The lowest BCUT2D eigenvalue weighted by Gasteiger charge is -2.22. The average molecular weight is 198 g/mol. The SMILES string of the molecule is C=C(CN(CCC)CCC)NCCC. The Morgan fingerprint density at radius 1 is 1.07 bits per heavy atom. The normalized spacial score (nSPS) is 10.6. The average Bonchev–Trinajstić information content (AvgIpc) is 2.15. The summed E-state index contributed by atoms with van der Waals surface area (Å²) in [5.41, 5.74) is 1.16. The predicted molar refractivity (Wildman–Crippen MR) is 64.5 cm³/mol. The number of rotatable bonds is 9. The molecule has 0 bridgehead atoms. The van der Waals surface area contributed by atoms with Crippen LogP contribution in [0.1, 0.15) is 40.0 Å². The molecule has 0 atom stereocenters. The molecule has 0 aliphatic heterocycles. The molecule has 1 N–H and O–H groups in total. The first-order valence-corrected chi connectivity index (χ1v) is 5.88. The fourth-order valence-corrected chi connectivity index (χ4v) is 1.53. The fraction of sp³-hybridized carbons (Fsp3) is 0.833. The summed E-state index contributed by atoms with van der Waals surface area (Å²) in [7, 11) is 0. The minimum atomic E-state index is 1.00. The van der Waals surface area contributed by atoms with Crippen LogP contribution in [0.2, 0.25) is 0 Å². The maximum atomic E-state index is 4.04. The van der Waals surface area contributed by atoms with E-state index in [2.05, 4.69) is 37.6 Å². The molecule has 0 amide bonds. The van der Waals surface area contributed by atoms with Gasteiger partial charge in [0.25, 0.3) is 0 Å². The molecule has 0 saturated heterocycles. The van der Waals surface area contributed by atoms with Crippen molar-refractivity contribution in [2.24, 2.45) is 0 Å². The third-order valence-corrected chi connectivity index (χ3v) is 2.12. The molecule has 0 aromatic heterocycles. The summed E-state index contributed by atoms with van der Waals surface area (Å²) in [5.74, 6) is 0. The van der Waals surface area contributed by atoms with E-state index < -0.39 is 0 Å². The van der Waals surface area contributed by atoms with Gasteiger partial charge >= 0.3 is 0 Å². The van der Waals surface area contributed by atoms with Gasteiger partial charge in [-0.15, -0.1) is 0 Å². The highest BCUT2D eigenvalue weighted by atomic mass is 15.1. The minimum Gasteiger partial charge on any atom is -0.388 e. The molecule has 0 fully saturated rings. The second kappa shape index (κ2) is 9.07. The van der Waals surface area contributed by atoms with E-state index in [9.17, 15) is 0 Å². The van der Waals surface area contributed by atoms with Crippen molar-refractivity contribution in [1.82, 2.24) is 10.2 Å². The summed E-state index contributed by atoms with van der Waals surface area (Å²) < 4.78 is 0. The molecule has 0 aliphatic carbocycles. The van der Waals surface area contributed by atoms with Gasteiger partial charge in [-0.25, -0.2) is 0 Å². The number of hydrogen-bond acceptors (Lipinski definition) is 2. The van der Waals surface area contributed by atoms with E-state index in [4.69, 9.17) is 0 Å². The standard InChI is InChI=1S/C12H26N2/c1-5-8-13-12(4)11-14(9-6-2)10-7-3/h13H,4-11H2,1-3H3. The van der Waals surface area contributed by atoms with Gasteiger partial charge in [0.1, 0.15) is 0 Å². The Hall–Kier alpha value is -0.500. The molecule has 2 heteroatoms. The van der Waals surface area contributed by atoms with E-state index in [1.807, 2.05) is 0 Å². The molecule has 84 valence electrons. The van der Waals surface area contributed by atoms with E-state index in [0.717, 1.165) is 18.8 Å². The van der Waals surface area contributed by atoms with Crippen molar-refractivity contribution in [3.8, 4) is 0 Å². The number of hydrogen-bond donors (Lipinski definition) is 1. The topological polar surface area (TPSA) is 15.3 Å². The second-order valence-electron chi connectivity index (χ2n) is 3.81. The van der Waals surface area contributed by atoms with Gasteiger partial charge in [0.15, 0.2) is 0 Å². The van der Waals surface area contributed by atoms with Crippen molar-refractivity contribution in [2.75, 3.05) is 26.2 Å². The van der Waals surface area contributed by atoms with Gasteiger partial charge in [-0.3, -0.25) is 4.90 Å². The Bertz CT molecular complexity index is 137. The number of nitrogens with zero attached hydrogens (tertiary/aromatic N) is 1. The predicted octanol–water partition coefficient (Wildman–Crippen LogP) is 2.62. The highest BCUT2D eigenvalue weighted by Crippen LogP contribution is 1.97. The van der Waals surface area contributed by atoms with E-state index in [0.29, 0.717) is 0 Å². The van der Waals surface area contributed by atoms with Crippen LogP contribution in [0.3, 0.4) is 0 Å². The molecule has 0 saturated carbocycles. The van der Waals surface area contributed by atoms with Crippen LogP contribution < -0.4 is 5.32 Å². The second-order valence-corrected chi connectivity index (χ2v) is 3.81. The third-order valence-electron chi connectivity index (χ3n) is 2.12. The molecular weight excluding hydrogens is 172 g/mol. The van der Waals surface area contributed by atoms with Gasteiger partial charge < -0.3 is 5.32 Å². The van der Waals surface area contributed by atoms with E-state index >= 15 is 0 Å². The van der Waals surface area contributed by atoms with Crippen LogP contribution in [0, 0.1) is 0 Å². The zero-order valence-corrected chi connectivity index (χ0v) is 10.1. The molecule has 0 aliphatic rings. The van der Waals surface area contributed by atoms with Crippen molar-refractivity contribution in [1.29, 1.82) is 0 Å². The smallest absolute Gasteiger partial charge is 0.0375 e. The Morgan fingerprint density at radius 3 is 2.07 bits per heavy atom. The Labute approximate surface area is 89.4 Å². The monoisotopic (exact) mass is 198 g/mol. The van der Waals surface area contributed by atoms with Gasteiger partial charge in [-0.2, -0.15) is 0 Å². The zero-order valence-electron chi connectivity index (χ0n) is 10.1. The maximum Gasteiger partial charge on any atom is 0.0375 e. The highest BCUT2D eigenvalue weighted by Gasteiger charge is 2.03. The molecule has 0 heterocycles. The lowest BCUT2D eigenvalue weighted by atomic mass is 10.3. The summed E-state index contributed by atoms with van der Waals surface area (Å²) in [5, 5.41) is 3.34. The van der Waals surface area contributed by atoms with Crippen LogP contribution in [0.4, 0.5) is 0 Å². The fourth-order valence-electron chi connectivity index (χ4n) is 1.53. The van der Waals surface area contributed by atoms with E-state index in [1.54, 1.807) is 0 Å². The van der Waals surface area contributed by atoms with Gasteiger partial charge in [0.2, 0.25) is 0 Å². The van der Waals surface area contributed by atoms with Crippen LogP contribution in [-0.4, -0.2) is 31.1 Å². The molecule has 0 unspecified atom stereocenters. The van der Waals surface area contributed by atoms with Crippen LogP contribution in [0.5, 0.6) is 0 Å². The van der Waals surface area contributed by atoms with Gasteiger partial charge in [-0.05, 0) is 32.4 Å². The maximum absolute atomic E-state index is 4.04. The molecule has 14 heavy (non-hydrogen) atoms. The molecule has 0 spiro atoms. The van der Waals surface area contributed by atoms with Gasteiger partial charge in [0, 0.05) is 18.8 Å². The zero-order chi connectivity index (χ0) is 10.8. The molecule has 0 radical (unpaired) electrons. The molecule has 2 nitrogen and oxygen atoms in total. The summed E-state index contributed by atoms with van der Waals surface area (Å²) in [6.07, 6.45) is 3.61. The highest BCUT2D eigenvalue weighted by molar-refractivity contribution is 4.94. The van der Waals surface area contributed by atoms with Crippen LogP contribution >= 0.6 is 0 Å². The number of nitrogens with one attached hydrogen (secondary N) is 1. The first kappa shape index (κ1) is 13.5. The molecule has 0 rings (SSSR count). The molecular formula is C12H26N2. The van der Waals surface area contributed by atoms with Crippen molar-refractivity contribution in [3.63, 3.8) is 0 Å². The Kier molecular flexibility index (Phi) is 8.75. The van der Waals surface area contributed by atoms with Gasteiger partial charge in [0.05, 0.1) is 0 Å².